The van der Waals surface area contributed by atoms with Crippen LogP contribution in [0.2, 0.25) is 0 Å². The van der Waals surface area contributed by atoms with Gasteiger partial charge in [-0.3, -0.25) is 9.78 Å². The maximum Gasteiger partial charge on any atom is 0.305 e. The number of benzene rings is 1. The van der Waals surface area contributed by atoms with E-state index in [-0.39, 0.29) is 5.91 Å². The molecule has 4 nitrogen and oxygen atoms in total. The number of carbonyl (C=O) groups excluding carboxylic acids is 1. The molecule has 0 spiro atoms. The van der Waals surface area contributed by atoms with Gasteiger partial charge in [0.25, 0.3) is 0 Å². The highest BCUT2D eigenvalue weighted by atomic mass is 16.2. The minimum Gasteiger partial charge on any atom is -0.264 e. The van der Waals surface area contributed by atoms with Crippen molar-refractivity contribution in [3.63, 3.8) is 0 Å². The summed E-state index contributed by atoms with van der Waals surface area (Å²) < 4.78 is 1.70. The number of hydrogen-bond acceptors (Lipinski definition) is 2. The SMILES string of the molecule is O=C(N[n+]1ccccc1-c1cccnc1)c1ccccc1. The zero-order chi connectivity index (χ0) is 14.5. The number of amides is 1. The number of carbonyl (C=O) groups is 1. The summed E-state index contributed by atoms with van der Waals surface area (Å²) in [5.41, 5.74) is 5.30. The summed E-state index contributed by atoms with van der Waals surface area (Å²) in [6.45, 7) is 0. The van der Waals surface area contributed by atoms with Crippen LogP contribution in [0.5, 0.6) is 0 Å². The highest BCUT2D eigenvalue weighted by Crippen LogP contribution is 2.12. The molecule has 21 heavy (non-hydrogen) atoms. The van der Waals surface area contributed by atoms with E-state index in [1.54, 1.807) is 29.2 Å². The smallest absolute Gasteiger partial charge is 0.264 e. The van der Waals surface area contributed by atoms with Crippen molar-refractivity contribution in [3.8, 4) is 11.3 Å². The van der Waals surface area contributed by atoms with Crippen molar-refractivity contribution in [3.05, 3.63) is 84.8 Å². The fourth-order valence-electron chi connectivity index (χ4n) is 2.05. The summed E-state index contributed by atoms with van der Waals surface area (Å²) >= 11 is 0. The quantitative estimate of drug-likeness (QED) is 0.747. The van der Waals surface area contributed by atoms with Crippen LogP contribution >= 0.6 is 0 Å². The van der Waals surface area contributed by atoms with Gasteiger partial charge in [-0.05, 0) is 30.3 Å². The molecule has 0 aliphatic rings. The lowest BCUT2D eigenvalue weighted by atomic mass is 10.2. The molecule has 0 unspecified atom stereocenters. The first kappa shape index (κ1) is 13.0. The molecule has 0 saturated carbocycles. The number of aromatic nitrogens is 2. The van der Waals surface area contributed by atoms with Crippen LogP contribution in [0.15, 0.2) is 79.3 Å². The first-order chi connectivity index (χ1) is 10.3. The predicted molar refractivity (Wildman–Crippen MR) is 80.0 cm³/mol. The van der Waals surface area contributed by atoms with Gasteiger partial charge >= 0.3 is 5.91 Å². The molecule has 102 valence electrons. The molecule has 1 N–H and O–H groups in total. The Morgan fingerprint density at radius 1 is 0.952 bits per heavy atom. The zero-order valence-electron chi connectivity index (χ0n) is 11.3. The van der Waals surface area contributed by atoms with Gasteiger partial charge in [-0.15, -0.1) is 5.43 Å². The molecule has 4 heteroatoms. The van der Waals surface area contributed by atoms with E-state index < -0.39 is 0 Å². The Bertz CT molecular complexity index is 742. The number of nitrogens with zero attached hydrogens (tertiary/aromatic N) is 2. The van der Waals surface area contributed by atoms with Gasteiger partial charge in [0, 0.05) is 30.1 Å². The van der Waals surface area contributed by atoms with Crippen molar-refractivity contribution in [2.75, 3.05) is 5.43 Å². The maximum atomic E-state index is 12.3. The second-order valence-corrected chi connectivity index (χ2v) is 4.50. The van der Waals surface area contributed by atoms with Crippen molar-refractivity contribution < 1.29 is 9.47 Å². The van der Waals surface area contributed by atoms with Gasteiger partial charge in [-0.1, -0.05) is 22.9 Å². The molecule has 3 aromatic rings. The van der Waals surface area contributed by atoms with E-state index in [0.717, 1.165) is 11.3 Å². The third-order valence-corrected chi connectivity index (χ3v) is 3.08. The first-order valence-corrected chi connectivity index (χ1v) is 6.62. The van der Waals surface area contributed by atoms with Gasteiger partial charge in [0.1, 0.15) is 0 Å². The molecular weight excluding hydrogens is 262 g/mol. The Kier molecular flexibility index (Phi) is 3.69. The molecular formula is C17H14N3O+. The largest absolute Gasteiger partial charge is 0.305 e. The topological polar surface area (TPSA) is 45.9 Å². The summed E-state index contributed by atoms with van der Waals surface area (Å²) in [6, 6.07) is 18.7. The number of pyridine rings is 2. The molecule has 0 radical (unpaired) electrons. The van der Waals surface area contributed by atoms with Crippen molar-refractivity contribution in [2.45, 2.75) is 0 Å². The second kappa shape index (κ2) is 5.96. The average molecular weight is 276 g/mol. The van der Waals surface area contributed by atoms with E-state index in [9.17, 15) is 4.79 Å². The zero-order valence-corrected chi connectivity index (χ0v) is 11.3. The molecule has 1 aromatic carbocycles. The minimum atomic E-state index is -0.156. The second-order valence-electron chi connectivity index (χ2n) is 4.50. The predicted octanol–water partition coefficient (Wildman–Crippen LogP) is 2.42. The van der Waals surface area contributed by atoms with Crippen LogP contribution in [0.1, 0.15) is 10.4 Å². The Labute approximate surface area is 122 Å². The molecule has 0 fully saturated rings. The van der Waals surface area contributed by atoms with Crippen LogP contribution in [-0.4, -0.2) is 10.9 Å². The minimum absolute atomic E-state index is 0.156. The molecule has 1 amide bonds. The molecule has 3 rings (SSSR count). The van der Waals surface area contributed by atoms with E-state index in [4.69, 9.17) is 0 Å². The molecule has 0 atom stereocenters. The van der Waals surface area contributed by atoms with Crippen LogP contribution in [0, 0.1) is 0 Å². The van der Waals surface area contributed by atoms with Crippen molar-refractivity contribution in [1.29, 1.82) is 0 Å². The molecule has 0 aliphatic heterocycles. The summed E-state index contributed by atoms with van der Waals surface area (Å²) in [4.78, 5) is 16.4. The maximum absolute atomic E-state index is 12.3. The van der Waals surface area contributed by atoms with Crippen LogP contribution in [-0.2, 0) is 0 Å². The van der Waals surface area contributed by atoms with Crippen molar-refractivity contribution in [1.82, 2.24) is 4.98 Å². The highest BCUT2D eigenvalue weighted by Gasteiger charge is 2.16. The standard InChI is InChI=1S/C17H13N3O/c21-17(14-7-2-1-3-8-14)19-20-12-5-4-10-16(20)15-9-6-11-18-13-15/h1-13H/p+1. The fraction of sp³-hybridized carbons (Fsp3) is 0. The molecule has 2 heterocycles. The van der Waals surface area contributed by atoms with E-state index in [1.807, 2.05) is 54.7 Å². The van der Waals surface area contributed by atoms with Crippen LogP contribution in [0.25, 0.3) is 11.3 Å². The van der Waals surface area contributed by atoms with Gasteiger partial charge in [0.05, 0.1) is 5.56 Å². The summed E-state index contributed by atoms with van der Waals surface area (Å²) in [5.74, 6) is -0.156. The first-order valence-electron chi connectivity index (χ1n) is 6.62. The van der Waals surface area contributed by atoms with E-state index in [1.165, 1.54) is 0 Å². The number of hydrogen-bond donors (Lipinski definition) is 1. The summed E-state index contributed by atoms with van der Waals surface area (Å²) in [6.07, 6.45) is 5.29. The van der Waals surface area contributed by atoms with E-state index in [2.05, 4.69) is 10.4 Å². The molecule has 0 saturated heterocycles. The molecule has 2 aromatic heterocycles. The van der Waals surface area contributed by atoms with Crippen molar-refractivity contribution in [2.24, 2.45) is 0 Å². The van der Waals surface area contributed by atoms with Gasteiger partial charge in [-0.2, -0.15) is 0 Å². The van der Waals surface area contributed by atoms with Crippen LogP contribution < -0.4 is 10.1 Å². The van der Waals surface area contributed by atoms with Crippen LogP contribution in [0.3, 0.4) is 0 Å². The highest BCUT2D eigenvalue weighted by molar-refractivity contribution is 5.98. The lowest BCUT2D eigenvalue weighted by Gasteiger charge is -2.04. The Hall–Kier alpha value is -3.01. The fourth-order valence-corrected chi connectivity index (χ4v) is 2.05. The monoisotopic (exact) mass is 276 g/mol. The van der Waals surface area contributed by atoms with Gasteiger partial charge in [-0.25, -0.2) is 0 Å². The number of rotatable bonds is 3. The average Bonchev–Trinajstić information content (AvgIpc) is 2.57. The Morgan fingerprint density at radius 3 is 2.52 bits per heavy atom. The van der Waals surface area contributed by atoms with E-state index in [0.29, 0.717) is 5.56 Å². The molecule has 0 bridgehead atoms. The normalized spacial score (nSPS) is 10.1. The third-order valence-electron chi connectivity index (χ3n) is 3.08. The molecule has 0 aliphatic carbocycles. The van der Waals surface area contributed by atoms with Gasteiger partial charge in [0.15, 0.2) is 0 Å². The number of nitrogens with one attached hydrogen (secondary N) is 1. The summed E-state index contributed by atoms with van der Waals surface area (Å²) in [7, 11) is 0. The lowest BCUT2D eigenvalue weighted by molar-refractivity contribution is -0.630. The Balaban J connectivity index is 1.92. The van der Waals surface area contributed by atoms with E-state index >= 15 is 0 Å². The van der Waals surface area contributed by atoms with Gasteiger partial charge < -0.3 is 0 Å². The van der Waals surface area contributed by atoms with Gasteiger partial charge in [0.2, 0.25) is 11.9 Å². The summed E-state index contributed by atoms with van der Waals surface area (Å²) in [5, 5.41) is 0. The van der Waals surface area contributed by atoms with Crippen molar-refractivity contribution >= 4 is 5.91 Å². The Morgan fingerprint density at radius 2 is 1.76 bits per heavy atom. The lowest BCUT2D eigenvalue weighted by Crippen LogP contribution is -2.49. The van der Waals surface area contributed by atoms with Crippen LogP contribution in [0.4, 0.5) is 0 Å². The third kappa shape index (κ3) is 2.95.